The van der Waals surface area contributed by atoms with Crippen molar-refractivity contribution in [3.8, 4) is 11.3 Å². The van der Waals surface area contributed by atoms with E-state index in [4.69, 9.17) is 0 Å². The van der Waals surface area contributed by atoms with Crippen molar-refractivity contribution in [3.05, 3.63) is 78.1 Å². The molecule has 5 nitrogen and oxygen atoms in total. The highest BCUT2D eigenvalue weighted by atomic mass is 32.2. The molecule has 0 spiro atoms. The first-order valence-corrected chi connectivity index (χ1v) is 9.98. The van der Waals surface area contributed by atoms with Gasteiger partial charge in [0.1, 0.15) is 5.03 Å². The number of nitrogens with one attached hydrogen (secondary N) is 1. The summed E-state index contributed by atoms with van der Waals surface area (Å²) in [5.41, 5.74) is 5.85. The van der Waals surface area contributed by atoms with Crippen molar-refractivity contribution in [1.29, 1.82) is 0 Å². The fourth-order valence-electron chi connectivity index (χ4n) is 2.95. The number of carbonyl (C=O) groups excluding carboxylic acids is 1. The monoisotopic (exact) mass is 388 g/mol. The minimum Gasteiger partial charge on any atom is -0.325 e. The number of aromatic nitrogens is 3. The Morgan fingerprint density at radius 3 is 2.75 bits per heavy atom. The van der Waals surface area contributed by atoms with Crippen molar-refractivity contribution < 1.29 is 4.79 Å². The number of benzene rings is 2. The molecule has 0 aliphatic carbocycles. The van der Waals surface area contributed by atoms with E-state index in [0.717, 1.165) is 38.6 Å². The third-order valence-electron chi connectivity index (χ3n) is 4.43. The minimum atomic E-state index is -0.0506. The molecule has 2 heterocycles. The lowest BCUT2D eigenvalue weighted by Crippen LogP contribution is -2.15. The number of rotatable bonds is 5. The lowest BCUT2D eigenvalue weighted by molar-refractivity contribution is -0.113. The fraction of sp³-hybridized carbons (Fsp3) is 0.136. The Morgan fingerprint density at radius 1 is 1.11 bits per heavy atom. The first kappa shape index (κ1) is 18.3. The van der Waals surface area contributed by atoms with Gasteiger partial charge in [-0.1, -0.05) is 54.2 Å². The second-order valence-corrected chi connectivity index (χ2v) is 7.58. The van der Waals surface area contributed by atoms with Crippen LogP contribution in [0.4, 0.5) is 5.69 Å². The predicted octanol–water partition coefficient (Wildman–Crippen LogP) is 4.74. The minimum absolute atomic E-state index is 0.0506. The average molecular weight is 388 g/mol. The van der Waals surface area contributed by atoms with Crippen molar-refractivity contribution >= 4 is 28.9 Å². The van der Waals surface area contributed by atoms with Gasteiger partial charge in [-0.05, 0) is 37.1 Å². The lowest BCUT2D eigenvalue weighted by Gasteiger charge is -2.09. The van der Waals surface area contributed by atoms with Gasteiger partial charge in [0.15, 0.2) is 0 Å². The Labute approximate surface area is 167 Å². The second-order valence-electron chi connectivity index (χ2n) is 6.61. The van der Waals surface area contributed by atoms with Crippen molar-refractivity contribution in [2.75, 3.05) is 11.1 Å². The number of carbonyl (C=O) groups is 1. The lowest BCUT2D eigenvalue weighted by atomic mass is 10.1. The van der Waals surface area contributed by atoms with Crippen molar-refractivity contribution in [3.63, 3.8) is 0 Å². The van der Waals surface area contributed by atoms with E-state index in [0.29, 0.717) is 0 Å². The molecule has 4 rings (SSSR count). The molecule has 2 aromatic heterocycles. The quantitative estimate of drug-likeness (QED) is 0.502. The highest BCUT2D eigenvalue weighted by Crippen LogP contribution is 2.26. The van der Waals surface area contributed by atoms with Crippen molar-refractivity contribution in [2.45, 2.75) is 18.9 Å². The molecule has 6 heteroatoms. The molecule has 0 aliphatic heterocycles. The van der Waals surface area contributed by atoms with E-state index in [1.54, 1.807) is 10.7 Å². The van der Waals surface area contributed by atoms with Crippen LogP contribution < -0.4 is 5.32 Å². The summed E-state index contributed by atoms with van der Waals surface area (Å²) < 4.78 is 1.81. The van der Waals surface area contributed by atoms with Crippen LogP contribution in [0.3, 0.4) is 0 Å². The van der Waals surface area contributed by atoms with E-state index in [2.05, 4.69) is 15.4 Å². The Morgan fingerprint density at radius 2 is 1.93 bits per heavy atom. The van der Waals surface area contributed by atoms with E-state index < -0.39 is 0 Å². The summed E-state index contributed by atoms with van der Waals surface area (Å²) in [6.45, 7) is 4.00. The molecule has 0 saturated heterocycles. The summed E-state index contributed by atoms with van der Waals surface area (Å²) in [5, 5.41) is 8.40. The van der Waals surface area contributed by atoms with Gasteiger partial charge in [0, 0.05) is 23.6 Å². The van der Waals surface area contributed by atoms with Gasteiger partial charge >= 0.3 is 0 Å². The van der Waals surface area contributed by atoms with Gasteiger partial charge in [-0.25, -0.2) is 9.50 Å². The number of anilines is 1. The van der Waals surface area contributed by atoms with Crippen LogP contribution in [-0.4, -0.2) is 26.3 Å². The van der Waals surface area contributed by atoms with Gasteiger partial charge in [0.05, 0.1) is 17.0 Å². The van der Waals surface area contributed by atoms with E-state index in [9.17, 15) is 4.79 Å². The normalized spacial score (nSPS) is 10.9. The maximum Gasteiger partial charge on any atom is 0.234 e. The van der Waals surface area contributed by atoms with Crippen molar-refractivity contribution in [1.82, 2.24) is 14.6 Å². The molecule has 4 aromatic rings. The fourth-order valence-corrected chi connectivity index (χ4v) is 3.73. The number of amides is 1. The van der Waals surface area contributed by atoms with Gasteiger partial charge in [0.25, 0.3) is 0 Å². The molecule has 0 fully saturated rings. The van der Waals surface area contributed by atoms with Crippen LogP contribution in [0.2, 0.25) is 0 Å². The number of thioether (sulfide) groups is 1. The molecule has 140 valence electrons. The Kier molecular flexibility index (Phi) is 5.12. The first-order chi connectivity index (χ1) is 13.6. The Balaban J connectivity index is 1.51. The zero-order chi connectivity index (χ0) is 19.5. The molecule has 0 bridgehead atoms. The number of hydrogen-bond acceptors (Lipinski definition) is 4. The maximum atomic E-state index is 12.4. The molecule has 0 atom stereocenters. The highest BCUT2D eigenvalue weighted by molar-refractivity contribution is 8.00. The number of aryl methyl sites for hydroxylation is 2. The van der Waals surface area contributed by atoms with Gasteiger partial charge < -0.3 is 5.32 Å². The van der Waals surface area contributed by atoms with Crippen LogP contribution >= 0.6 is 11.8 Å². The van der Waals surface area contributed by atoms with E-state index in [1.165, 1.54) is 11.8 Å². The average Bonchev–Trinajstić information content (AvgIpc) is 3.15. The zero-order valence-electron chi connectivity index (χ0n) is 15.7. The molecular weight excluding hydrogens is 368 g/mol. The Hall–Kier alpha value is -3.12. The van der Waals surface area contributed by atoms with Crippen LogP contribution in [0.25, 0.3) is 16.8 Å². The first-order valence-electron chi connectivity index (χ1n) is 9.00. The molecule has 28 heavy (non-hydrogen) atoms. The highest BCUT2D eigenvalue weighted by Gasteiger charge is 2.12. The number of hydrogen-bond donors (Lipinski definition) is 1. The second kappa shape index (κ2) is 7.86. The molecule has 1 N–H and O–H groups in total. The molecule has 0 radical (unpaired) electrons. The van der Waals surface area contributed by atoms with Gasteiger partial charge in [-0.3, -0.25) is 4.79 Å². The van der Waals surface area contributed by atoms with Crippen LogP contribution in [0.15, 0.2) is 72.0 Å². The Bertz CT molecular complexity index is 1140. The topological polar surface area (TPSA) is 59.3 Å². The smallest absolute Gasteiger partial charge is 0.234 e. The number of nitrogens with zero attached hydrogens (tertiary/aromatic N) is 3. The molecule has 0 unspecified atom stereocenters. The van der Waals surface area contributed by atoms with E-state index >= 15 is 0 Å². The molecular formula is C22H20N4OS. The third-order valence-corrected chi connectivity index (χ3v) is 5.43. The zero-order valence-corrected chi connectivity index (χ0v) is 16.5. The molecule has 2 aromatic carbocycles. The van der Waals surface area contributed by atoms with Gasteiger partial charge in [-0.15, -0.1) is 0 Å². The van der Waals surface area contributed by atoms with E-state index in [1.807, 2.05) is 74.6 Å². The van der Waals surface area contributed by atoms with Gasteiger partial charge in [0.2, 0.25) is 5.91 Å². The summed E-state index contributed by atoms with van der Waals surface area (Å²) >= 11 is 1.41. The summed E-state index contributed by atoms with van der Waals surface area (Å²) in [6, 6.07) is 18.1. The van der Waals surface area contributed by atoms with Crippen LogP contribution in [0.1, 0.15) is 11.1 Å². The van der Waals surface area contributed by atoms with E-state index in [-0.39, 0.29) is 11.7 Å². The third kappa shape index (κ3) is 3.92. The maximum absolute atomic E-state index is 12.4. The largest absolute Gasteiger partial charge is 0.325 e. The standard InChI is InChI=1S/C22H20N4OS/c1-15-8-9-16(2)18(12-15)24-21(27)14-28-22-20-13-19(17-6-4-3-5-7-17)25-26(20)11-10-23-22/h3-13H,14H2,1-2H3,(H,24,27). The summed E-state index contributed by atoms with van der Waals surface area (Å²) in [5.74, 6) is 0.233. The summed E-state index contributed by atoms with van der Waals surface area (Å²) in [4.78, 5) is 16.9. The van der Waals surface area contributed by atoms with Crippen LogP contribution in [0.5, 0.6) is 0 Å². The predicted molar refractivity (Wildman–Crippen MR) is 114 cm³/mol. The molecule has 1 amide bonds. The van der Waals surface area contributed by atoms with Crippen LogP contribution in [0, 0.1) is 13.8 Å². The molecule has 0 aliphatic rings. The van der Waals surface area contributed by atoms with Crippen LogP contribution in [-0.2, 0) is 4.79 Å². The summed E-state index contributed by atoms with van der Waals surface area (Å²) in [6.07, 6.45) is 3.53. The summed E-state index contributed by atoms with van der Waals surface area (Å²) in [7, 11) is 0. The SMILES string of the molecule is Cc1ccc(C)c(NC(=O)CSc2nccn3nc(-c4ccccc4)cc23)c1. The number of fused-ring (bicyclic) bond motifs is 1. The van der Waals surface area contributed by atoms with Crippen molar-refractivity contribution in [2.24, 2.45) is 0 Å². The molecule has 0 saturated carbocycles. The van der Waals surface area contributed by atoms with Gasteiger partial charge in [-0.2, -0.15) is 5.10 Å².